The lowest BCUT2D eigenvalue weighted by Gasteiger charge is -2.05. The fourth-order valence-corrected chi connectivity index (χ4v) is 3.16. The number of nitrogens with one attached hydrogen (secondary N) is 3. The lowest BCUT2D eigenvalue weighted by molar-refractivity contribution is 0.0839. The van der Waals surface area contributed by atoms with Crippen molar-refractivity contribution in [3.63, 3.8) is 0 Å². The van der Waals surface area contributed by atoms with Gasteiger partial charge in [-0.2, -0.15) is 10.2 Å². The first-order valence-corrected chi connectivity index (χ1v) is 8.86. The normalized spacial score (nSPS) is 10.8. The fourth-order valence-electron chi connectivity index (χ4n) is 2.35. The van der Waals surface area contributed by atoms with Crippen molar-refractivity contribution in [1.82, 2.24) is 30.8 Å². The molecule has 2 heterocycles. The van der Waals surface area contributed by atoms with Crippen molar-refractivity contribution >= 4 is 27.7 Å². The van der Waals surface area contributed by atoms with Gasteiger partial charge in [0.2, 0.25) is 0 Å². The molecule has 2 aromatic heterocycles. The predicted octanol–water partition coefficient (Wildman–Crippen LogP) is 2.26. The van der Waals surface area contributed by atoms with E-state index in [1.165, 1.54) is 10.9 Å². The van der Waals surface area contributed by atoms with Gasteiger partial charge in [-0.1, -0.05) is 32.0 Å². The van der Waals surface area contributed by atoms with Gasteiger partial charge in [-0.3, -0.25) is 25.5 Å². The van der Waals surface area contributed by atoms with Gasteiger partial charge in [-0.05, 0) is 34.0 Å². The van der Waals surface area contributed by atoms with Crippen LogP contribution in [0.1, 0.15) is 46.4 Å². The Balaban J connectivity index is 1.69. The first-order chi connectivity index (χ1) is 12.9. The van der Waals surface area contributed by atoms with Gasteiger partial charge in [-0.15, -0.1) is 0 Å². The van der Waals surface area contributed by atoms with Crippen LogP contribution in [0.15, 0.2) is 41.0 Å². The highest BCUT2D eigenvalue weighted by molar-refractivity contribution is 9.10. The highest BCUT2D eigenvalue weighted by Gasteiger charge is 2.21. The molecule has 140 valence electrons. The maximum absolute atomic E-state index is 12.2. The summed E-state index contributed by atoms with van der Waals surface area (Å²) in [6, 6.07) is 9.00. The number of amides is 2. The third kappa shape index (κ3) is 3.85. The maximum Gasteiger partial charge on any atom is 0.294 e. The number of hydrazine groups is 1. The van der Waals surface area contributed by atoms with Gasteiger partial charge in [0.05, 0.1) is 22.1 Å². The SMILES string of the molecule is CC(C)c1[nH]nc(C(=O)NNC(=O)c2nn(-c3ccccc3)cc2O)c1Br. The van der Waals surface area contributed by atoms with Crippen LogP contribution in [0.25, 0.3) is 5.69 Å². The summed E-state index contributed by atoms with van der Waals surface area (Å²) in [6.07, 6.45) is 1.31. The lowest BCUT2D eigenvalue weighted by atomic mass is 10.1. The number of aromatic nitrogens is 4. The number of rotatable bonds is 4. The van der Waals surface area contributed by atoms with Gasteiger partial charge < -0.3 is 5.11 Å². The number of H-pyrrole nitrogens is 1. The average Bonchev–Trinajstić information content (AvgIpc) is 3.23. The van der Waals surface area contributed by atoms with Crippen LogP contribution in [-0.4, -0.2) is 36.9 Å². The second-order valence-corrected chi connectivity index (χ2v) is 6.80. The number of hydrogen-bond donors (Lipinski definition) is 4. The molecule has 0 saturated carbocycles. The van der Waals surface area contributed by atoms with Crippen LogP contribution in [0.3, 0.4) is 0 Å². The van der Waals surface area contributed by atoms with Crippen molar-refractivity contribution in [2.24, 2.45) is 0 Å². The van der Waals surface area contributed by atoms with Crippen LogP contribution in [0.2, 0.25) is 0 Å². The van der Waals surface area contributed by atoms with Crippen LogP contribution >= 0.6 is 15.9 Å². The molecule has 3 rings (SSSR count). The number of hydrogen-bond acceptors (Lipinski definition) is 5. The molecule has 1 aromatic carbocycles. The van der Waals surface area contributed by atoms with E-state index in [4.69, 9.17) is 0 Å². The molecule has 2 amide bonds. The van der Waals surface area contributed by atoms with E-state index in [2.05, 4.69) is 42.1 Å². The molecular formula is C17H17BrN6O3. The van der Waals surface area contributed by atoms with Crippen molar-refractivity contribution in [3.8, 4) is 11.4 Å². The van der Waals surface area contributed by atoms with Crippen molar-refractivity contribution in [2.75, 3.05) is 0 Å². The Morgan fingerprint density at radius 1 is 1.15 bits per heavy atom. The van der Waals surface area contributed by atoms with E-state index in [0.717, 1.165) is 5.69 Å². The molecule has 0 aliphatic rings. The molecule has 0 bridgehead atoms. The molecule has 0 unspecified atom stereocenters. The van der Waals surface area contributed by atoms with Crippen LogP contribution in [0.4, 0.5) is 0 Å². The monoisotopic (exact) mass is 432 g/mol. The third-order valence-electron chi connectivity index (χ3n) is 3.75. The number of carbonyl (C=O) groups is 2. The number of halogens is 1. The highest BCUT2D eigenvalue weighted by Crippen LogP contribution is 2.25. The Morgan fingerprint density at radius 2 is 1.78 bits per heavy atom. The summed E-state index contributed by atoms with van der Waals surface area (Å²) in [5.74, 6) is -1.54. The summed E-state index contributed by atoms with van der Waals surface area (Å²) in [6.45, 7) is 3.90. The van der Waals surface area contributed by atoms with E-state index < -0.39 is 11.8 Å². The van der Waals surface area contributed by atoms with E-state index >= 15 is 0 Å². The van der Waals surface area contributed by atoms with Gasteiger partial charge in [0, 0.05) is 0 Å². The average molecular weight is 433 g/mol. The van der Waals surface area contributed by atoms with E-state index in [9.17, 15) is 14.7 Å². The van der Waals surface area contributed by atoms with Gasteiger partial charge in [0.15, 0.2) is 17.1 Å². The molecule has 10 heteroatoms. The standard InChI is InChI=1S/C17H17BrN6O3/c1-9(2)13-12(18)15(20-19-13)17(27)22-21-16(26)14-11(25)8-24(23-14)10-6-4-3-5-7-10/h3-9,25H,1-2H3,(H,19,20)(H,21,26)(H,22,27). The minimum absolute atomic E-state index is 0.109. The van der Waals surface area contributed by atoms with Gasteiger partial charge >= 0.3 is 0 Å². The second-order valence-electron chi connectivity index (χ2n) is 6.01. The molecule has 0 aliphatic heterocycles. The summed E-state index contributed by atoms with van der Waals surface area (Å²) >= 11 is 3.32. The number of aromatic hydroxyl groups is 1. The van der Waals surface area contributed by atoms with E-state index in [1.54, 1.807) is 24.3 Å². The zero-order valence-corrected chi connectivity index (χ0v) is 16.1. The van der Waals surface area contributed by atoms with Gasteiger partial charge in [0.1, 0.15) is 0 Å². The number of benzene rings is 1. The molecule has 0 fully saturated rings. The Bertz CT molecular complexity index is 980. The largest absolute Gasteiger partial charge is 0.504 e. The number of para-hydroxylation sites is 1. The van der Waals surface area contributed by atoms with Crippen LogP contribution < -0.4 is 10.9 Å². The second kappa shape index (κ2) is 7.62. The smallest absolute Gasteiger partial charge is 0.294 e. The summed E-state index contributed by atoms with van der Waals surface area (Å²) in [5, 5.41) is 20.7. The summed E-state index contributed by atoms with van der Waals surface area (Å²) in [7, 11) is 0. The first-order valence-electron chi connectivity index (χ1n) is 8.07. The molecule has 0 aliphatic carbocycles. The highest BCUT2D eigenvalue weighted by atomic mass is 79.9. The van der Waals surface area contributed by atoms with Crippen LogP contribution in [0.5, 0.6) is 5.75 Å². The molecular weight excluding hydrogens is 416 g/mol. The molecule has 0 radical (unpaired) electrons. The Kier molecular flexibility index (Phi) is 5.26. The van der Waals surface area contributed by atoms with Crippen LogP contribution in [-0.2, 0) is 0 Å². The predicted molar refractivity (Wildman–Crippen MR) is 101 cm³/mol. The molecule has 0 spiro atoms. The lowest BCUT2D eigenvalue weighted by Crippen LogP contribution is -2.42. The van der Waals surface area contributed by atoms with E-state index in [1.807, 2.05) is 19.9 Å². The number of aromatic amines is 1. The molecule has 3 aromatic rings. The molecule has 0 saturated heterocycles. The van der Waals surface area contributed by atoms with Crippen molar-refractivity contribution < 1.29 is 14.7 Å². The Hall–Kier alpha value is -3.14. The van der Waals surface area contributed by atoms with E-state index in [-0.39, 0.29) is 23.1 Å². The quantitative estimate of drug-likeness (QED) is 0.470. The third-order valence-corrected chi connectivity index (χ3v) is 4.55. The minimum atomic E-state index is -0.758. The number of nitrogens with zero attached hydrogens (tertiary/aromatic N) is 3. The van der Waals surface area contributed by atoms with Crippen molar-refractivity contribution in [2.45, 2.75) is 19.8 Å². The van der Waals surface area contributed by atoms with Crippen molar-refractivity contribution in [3.05, 3.63) is 58.1 Å². The maximum atomic E-state index is 12.2. The van der Waals surface area contributed by atoms with E-state index in [0.29, 0.717) is 10.2 Å². The molecule has 9 nitrogen and oxygen atoms in total. The van der Waals surface area contributed by atoms with Gasteiger partial charge in [0.25, 0.3) is 11.8 Å². The Labute approximate surface area is 162 Å². The summed E-state index contributed by atoms with van der Waals surface area (Å²) in [4.78, 5) is 24.5. The number of carbonyl (C=O) groups excluding carboxylic acids is 2. The van der Waals surface area contributed by atoms with Crippen LogP contribution in [0, 0.1) is 0 Å². The molecule has 27 heavy (non-hydrogen) atoms. The summed E-state index contributed by atoms with van der Waals surface area (Å²) < 4.78 is 1.89. The zero-order valence-electron chi connectivity index (χ0n) is 14.5. The zero-order chi connectivity index (χ0) is 19.6. The molecule has 0 atom stereocenters. The molecule has 4 N–H and O–H groups in total. The summed E-state index contributed by atoms with van der Waals surface area (Å²) in [5.41, 5.74) is 5.81. The topological polar surface area (TPSA) is 125 Å². The van der Waals surface area contributed by atoms with Gasteiger partial charge in [-0.25, -0.2) is 4.68 Å². The first kappa shape index (κ1) is 18.6. The minimum Gasteiger partial charge on any atom is -0.504 e. The van der Waals surface area contributed by atoms with Crippen molar-refractivity contribution in [1.29, 1.82) is 0 Å². The Morgan fingerprint density at radius 3 is 2.37 bits per heavy atom. The fraction of sp³-hybridized carbons (Fsp3) is 0.176.